The predicted molar refractivity (Wildman–Crippen MR) is 129 cm³/mol. The van der Waals surface area contributed by atoms with E-state index in [9.17, 15) is 27.6 Å². The van der Waals surface area contributed by atoms with Crippen molar-refractivity contribution in [2.45, 2.75) is 57.5 Å². The minimum atomic E-state index is -4.53. The van der Waals surface area contributed by atoms with Crippen LogP contribution in [0.5, 0.6) is 0 Å². The van der Waals surface area contributed by atoms with Crippen LogP contribution >= 0.6 is 0 Å². The molecule has 9 nitrogen and oxygen atoms in total. The summed E-state index contributed by atoms with van der Waals surface area (Å²) in [5.41, 5.74) is -0.986. The summed E-state index contributed by atoms with van der Waals surface area (Å²) in [5.74, 6) is -0.211. The van der Waals surface area contributed by atoms with Crippen molar-refractivity contribution < 1.29 is 27.6 Å². The average molecular weight is 525 g/mol. The van der Waals surface area contributed by atoms with Crippen molar-refractivity contribution in [3.8, 4) is 0 Å². The molecule has 3 amide bonds. The van der Waals surface area contributed by atoms with E-state index in [2.05, 4.69) is 15.3 Å². The Morgan fingerprint density at radius 3 is 2.19 bits per heavy atom. The van der Waals surface area contributed by atoms with Crippen molar-refractivity contribution in [1.29, 1.82) is 0 Å². The van der Waals surface area contributed by atoms with Crippen LogP contribution in [0, 0.1) is 11.8 Å². The van der Waals surface area contributed by atoms with Crippen molar-refractivity contribution >= 4 is 23.7 Å². The number of carbonyl (C=O) groups excluding carboxylic acids is 3. The molecule has 0 saturated carbocycles. The third kappa shape index (κ3) is 7.10. The molecule has 1 N–H and O–H groups in total. The van der Waals surface area contributed by atoms with E-state index >= 15 is 0 Å². The Balaban J connectivity index is 1.14. The zero-order chi connectivity index (χ0) is 26.4. The standard InChI is InChI=1S/C25H35F3N6O3/c26-25(27,28)20-4-10-30-24(31-20)34-16-6-18(7-17-34)22(36)29-11-5-21(35)32-14-8-19(9-15-32)23(37)33-12-2-1-3-13-33/h4,10,18-19H,1-3,5-9,11-17H2,(H,29,36). The van der Waals surface area contributed by atoms with Gasteiger partial charge in [0.15, 0.2) is 0 Å². The van der Waals surface area contributed by atoms with Crippen molar-refractivity contribution in [2.24, 2.45) is 11.8 Å². The number of aromatic nitrogens is 2. The Bertz CT molecular complexity index is 953. The van der Waals surface area contributed by atoms with Gasteiger partial charge in [0.05, 0.1) is 0 Å². The van der Waals surface area contributed by atoms with Crippen molar-refractivity contribution in [3.63, 3.8) is 0 Å². The number of halogens is 3. The number of hydrogen-bond donors (Lipinski definition) is 1. The molecule has 37 heavy (non-hydrogen) atoms. The molecular formula is C25H35F3N6O3. The molecule has 204 valence electrons. The summed E-state index contributed by atoms with van der Waals surface area (Å²) < 4.78 is 38.7. The fourth-order valence-electron chi connectivity index (χ4n) is 5.34. The normalized spacial score (nSPS) is 20.1. The number of amides is 3. The highest BCUT2D eigenvalue weighted by molar-refractivity contribution is 5.82. The summed E-state index contributed by atoms with van der Waals surface area (Å²) in [4.78, 5) is 50.9. The molecular weight excluding hydrogens is 489 g/mol. The summed E-state index contributed by atoms with van der Waals surface area (Å²) in [6.45, 7) is 3.81. The minimum Gasteiger partial charge on any atom is -0.355 e. The SMILES string of the molecule is O=C(NCCC(=O)N1CCC(C(=O)N2CCCCC2)CC1)C1CCN(c2nccc(C(F)(F)F)n2)CC1. The second-order valence-electron chi connectivity index (χ2n) is 10.1. The van der Waals surface area contributed by atoms with Gasteiger partial charge in [-0.3, -0.25) is 14.4 Å². The molecule has 0 aromatic carbocycles. The maximum atomic E-state index is 12.9. The van der Waals surface area contributed by atoms with Crippen LogP contribution in [0.4, 0.5) is 19.1 Å². The maximum Gasteiger partial charge on any atom is 0.433 e. The van der Waals surface area contributed by atoms with E-state index in [0.29, 0.717) is 51.9 Å². The molecule has 4 rings (SSSR count). The first kappa shape index (κ1) is 27.1. The van der Waals surface area contributed by atoms with Gasteiger partial charge in [-0.1, -0.05) is 0 Å². The topological polar surface area (TPSA) is 98.7 Å². The maximum absolute atomic E-state index is 12.9. The molecule has 4 heterocycles. The third-order valence-corrected chi connectivity index (χ3v) is 7.58. The summed E-state index contributed by atoms with van der Waals surface area (Å²) >= 11 is 0. The minimum absolute atomic E-state index is 0.00550. The van der Waals surface area contributed by atoms with Crippen LogP contribution in [0.1, 0.15) is 57.1 Å². The molecule has 3 aliphatic rings. The lowest BCUT2D eigenvalue weighted by molar-refractivity contribution is -0.141. The van der Waals surface area contributed by atoms with E-state index in [1.54, 1.807) is 9.80 Å². The average Bonchev–Trinajstić information content (AvgIpc) is 2.93. The van der Waals surface area contributed by atoms with Gasteiger partial charge in [-0.25, -0.2) is 9.97 Å². The van der Waals surface area contributed by atoms with Crippen LogP contribution in [-0.2, 0) is 20.6 Å². The van der Waals surface area contributed by atoms with E-state index < -0.39 is 11.9 Å². The van der Waals surface area contributed by atoms with Crippen molar-refractivity contribution in [2.75, 3.05) is 50.7 Å². The van der Waals surface area contributed by atoms with Crippen LogP contribution in [0.3, 0.4) is 0 Å². The van der Waals surface area contributed by atoms with E-state index in [1.807, 2.05) is 4.90 Å². The van der Waals surface area contributed by atoms with Gasteiger partial charge in [-0.05, 0) is 51.0 Å². The van der Waals surface area contributed by atoms with Gasteiger partial charge in [0.25, 0.3) is 0 Å². The monoisotopic (exact) mass is 524 g/mol. The lowest BCUT2D eigenvalue weighted by atomic mass is 9.94. The number of likely N-dealkylation sites (tertiary alicyclic amines) is 2. The van der Waals surface area contributed by atoms with Gasteiger partial charge in [0.1, 0.15) is 5.69 Å². The first-order chi connectivity index (χ1) is 17.7. The van der Waals surface area contributed by atoms with Gasteiger partial charge < -0.3 is 20.0 Å². The number of anilines is 1. The Morgan fingerprint density at radius 1 is 0.892 bits per heavy atom. The molecule has 12 heteroatoms. The number of alkyl halides is 3. The van der Waals surface area contributed by atoms with Crippen LogP contribution in [0.2, 0.25) is 0 Å². The molecule has 3 fully saturated rings. The van der Waals surface area contributed by atoms with Gasteiger partial charge >= 0.3 is 6.18 Å². The van der Waals surface area contributed by atoms with E-state index in [1.165, 1.54) is 6.42 Å². The van der Waals surface area contributed by atoms with Crippen LogP contribution < -0.4 is 10.2 Å². The van der Waals surface area contributed by atoms with Gasteiger partial charge in [0, 0.05) is 70.3 Å². The second kappa shape index (κ2) is 12.1. The molecule has 0 unspecified atom stereocenters. The molecule has 1 aromatic heterocycles. The quantitative estimate of drug-likeness (QED) is 0.614. The van der Waals surface area contributed by atoms with Gasteiger partial charge in [-0.15, -0.1) is 0 Å². The highest BCUT2D eigenvalue weighted by atomic mass is 19.4. The molecule has 1 aromatic rings. The molecule has 3 aliphatic heterocycles. The molecule has 0 atom stereocenters. The lowest BCUT2D eigenvalue weighted by Gasteiger charge is -2.35. The first-order valence-corrected chi connectivity index (χ1v) is 13.2. The molecule has 0 bridgehead atoms. The third-order valence-electron chi connectivity index (χ3n) is 7.58. The van der Waals surface area contributed by atoms with Crippen molar-refractivity contribution in [3.05, 3.63) is 18.0 Å². The Morgan fingerprint density at radius 2 is 1.54 bits per heavy atom. The number of piperidine rings is 3. The molecule has 3 saturated heterocycles. The predicted octanol–water partition coefficient (Wildman–Crippen LogP) is 2.47. The van der Waals surface area contributed by atoms with Gasteiger partial charge in [0.2, 0.25) is 23.7 Å². The van der Waals surface area contributed by atoms with E-state index in [4.69, 9.17) is 0 Å². The molecule has 0 radical (unpaired) electrons. The summed E-state index contributed by atoms with van der Waals surface area (Å²) in [6.07, 6.45) is 2.38. The molecule has 0 spiro atoms. The van der Waals surface area contributed by atoms with E-state index in [0.717, 1.165) is 38.2 Å². The fourth-order valence-corrected chi connectivity index (χ4v) is 5.34. The molecule has 0 aliphatic carbocycles. The smallest absolute Gasteiger partial charge is 0.355 e. The largest absolute Gasteiger partial charge is 0.433 e. The summed E-state index contributed by atoms with van der Waals surface area (Å²) in [7, 11) is 0. The zero-order valence-corrected chi connectivity index (χ0v) is 21.0. The van der Waals surface area contributed by atoms with Gasteiger partial charge in [-0.2, -0.15) is 13.2 Å². The first-order valence-electron chi connectivity index (χ1n) is 13.2. The Kier molecular flexibility index (Phi) is 8.86. The lowest BCUT2D eigenvalue weighted by Crippen LogP contribution is -2.46. The van der Waals surface area contributed by atoms with Crippen LogP contribution in [-0.4, -0.2) is 83.3 Å². The van der Waals surface area contributed by atoms with Crippen LogP contribution in [0.15, 0.2) is 12.3 Å². The second-order valence-corrected chi connectivity index (χ2v) is 10.1. The van der Waals surface area contributed by atoms with Crippen molar-refractivity contribution in [1.82, 2.24) is 25.1 Å². The van der Waals surface area contributed by atoms with Crippen LogP contribution in [0.25, 0.3) is 0 Å². The van der Waals surface area contributed by atoms with E-state index in [-0.39, 0.29) is 48.5 Å². The Labute approximate surface area is 214 Å². The zero-order valence-electron chi connectivity index (χ0n) is 21.0. The highest BCUT2D eigenvalue weighted by Gasteiger charge is 2.34. The fraction of sp³-hybridized carbons (Fsp3) is 0.720. The summed E-state index contributed by atoms with van der Waals surface area (Å²) in [5, 5.41) is 2.83. The highest BCUT2D eigenvalue weighted by Crippen LogP contribution is 2.29. The number of nitrogens with one attached hydrogen (secondary N) is 1. The summed E-state index contributed by atoms with van der Waals surface area (Å²) in [6, 6.07) is 0.836. The Hall–Kier alpha value is -2.92. The number of hydrogen-bond acceptors (Lipinski definition) is 6. The number of nitrogens with zero attached hydrogens (tertiary/aromatic N) is 5. The number of rotatable bonds is 6. The number of carbonyl (C=O) groups is 3.